The molecule has 3 aromatic rings. The minimum Gasteiger partial charge on any atom is -0.489 e. The molecule has 0 spiro atoms. The maximum Gasteiger partial charge on any atom is 0.325 e. The summed E-state index contributed by atoms with van der Waals surface area (Å²) in [5.74, 6) is -0.147. The number of amides is 1. The molecule has 0 aliphatic carbocycles. The summed E-state index contributed by atoms with van der Waals surface area (Å²) >= 11 is 0. The number of aliphatic carboxylic acids is 1. The van der Waals surface area contributed by atoms with E-state index in [0.717, 1.165) is 27.8 Å². The van der Waals surface area contributed by atoms with E-state index in [1.54, 1.807) is 6.20 Å². The zero-order chi connectivity index (χ0) is 23.2. The van der Waals surface area contributed by atoms with Crippen molar-refractivity contribution in [3.05, 3.63) is 65.9 Å². The average Bonchev–Trinajstić information content (AvgIpc) is 3.22. The number of likely N-dealkylation sites (N-methyl/N-ethyl adjacent to an activating group) is 1. The molecule has 0 saturated carbocycles. The van der Waals surface area contributed by atoms with Crippen LogP contribution in [0.2, 0.25) is 0 Å². The van der Waals surface area contributed by atoms with Gasteiger partial charge in [0.15, 0.2) is 0 Å². The molecule has 0 bridgehead atoms. The van der Waals surface area contributed by atoms with Crippen molar-refractivity contribution in [2.75, 3.05) is 39.3 Å². The van der Waals surface area contributed by atoms with Crippen LogP contribution in [-0.4, -0.2) is 71.0 Å². The number of carboxylic acids is 1. The lowest BCUT2D eigenvalue weighted by atomic mass is 10.0. The molecule has 1 saturated heterocycles. The third kappa shape index (κ3) is 5.53. The molecule has 1 atom stereocenters. The second-order valence-corrected chi connectivity index (χ2v) is 8.23. The Hall–Kier alpha value is -3.36. The molecule has 4 rings (SSSR count). The first-order valence-corrected chi connectivity index (χ1v) is 11.3. The lowest BCUT2D eigenvalue weighted by Gasteiger charge is -2.37. The second-order valence-electron chi connectivity index (χ2n) is 8.23. The van der Waals surface area contributed by atoms with Crippen molar-refractivity contribution in [3.63, 3.8) is 0 Å². The van der Waals surface area contributed by atoms with E-state index in [1.165, 1.54) is 0 Å². The number of benzene rings is 2. The lowest BCUT2D eigenvalue weighted by molar-refractivity contribution is -0.144. The van der Waals surface area contributed by atoms with Gasteiger partial charge in [-0.3, -0.25) is 19.4 Å². The SMILES string of the molecule is CCNC(=O)CN1CCN(C(C(=O)O)c2c[nH]c3cc(OCc4ccccc4)ccc23)CC1. The standard InChI is InChI=1S/C25H30N4O4/c1-2-26-23(30)16-28-10-12-29(13-11-28)24(25(31)32)21-15-27-22-14-19(8-9-20(21)22)33-17-18-6-4-3-5-7-18/h3-9,14-15,24,27H,2,10-13,16-17H2,1H3,(H,26,30)(H,31,32). The van der Waals surface area contributed by atoms with Gasteiger partial charge in [-0.15, -0.1) is 0 Å². The van der Waals surface area contributed by atoms with Crippen molar-refractivity contribution in [3.8, 4) is 5.75 Å². The minimum absolute atomic E-state index is 0.00245. The smallest absolute Gasteiger partial charge is 0.325 e. The number of rotatable bonds is 9. The number of hydrogen-bond acceptors (Lipinski definition) is 5. The van der Waals surface area contributed by atoms with E-state index < -0.39 is 12.0 Å². The monoisotopic (exact) mass is 450 g/mol. The van der Waals surface area contributed by atoms with Crippen molar-refractivity contribution in [1.29, 1.82) is 0 Å². The van der Waals surface area contributed by atoms with Crippen LogP contribution in [0.3, 0.4) is 0 Å². The number of carbonyl (C=O) groups excluding carboxylic acids is 1. The number of aromatic nitrogens is 1. The van der Waals surface area contributed by atoms with Crippen LogP contribution in [0.5, 0.6) is 5.75 Å². The average molecular weight is 451 g/mol. The molecule has 2 heterocycles. The van der Waals surface area contributed by atoms with Crippen molar-refractivity contribution >= 4 is 22.8 Å². The summed E-state index contributed by atoms with van der Waals surface area (Å²) in [5.41, 5.74) is 2.67. The molecule has 1 aromatic heterocycles. The molecule has 1 aliphatic rings. The number of carboxylic acid groups (broad SMARTS) is 1. The third-order valence-electron chi connectivity index (χ3n) is 5.98. The zero-order valence-corrected chi connectivity index (χ0v) is 18.8. The Balaban J connectivity index is 1.44. The van der Waals surface area contributed by atoms with Crippen molar-refractivity contribution in [2.45, 2.75) is 19.6 Å². The van der Waals surface area contributed by atoms with Crippen LogP contribution in [0.4, 0.5) is 0 Å². The molecule has 8 heteroatoms. The Morgan fingerprint density at radius 3 is 2.58 bits per heavy atom. The zero-order valence-electron chi connectivity index (χ0n) is 18.8. The Morgan fingerprint density at radius 1 is 1.12 bits per heavy atom. The van der Waals surface area contributed by atoms with E-state index in [9.17, 15) is 14.7 Å². The summed E-state index contributed by atoms with van der Waals surface area (Å²) in [6.07, 6.45) is 1.78. The highest BCUT2D eigenvalue weighted by Gasteiger charge is 2.32. The molecule has 1 unspecified atom stereocenters. The Morgan fingerprint density at radius 2 is 1.88 bits per heavy atom. The van der Waals surface area contributed by atoms with Gasteiger partial charge in [-0.1, -0.05) is 30.3 Å². The minimum atomic E-state index is -0.877. The highest BCUT2D eigenvalue weighted by atomic mass is 16.5. The van der Waals surface area contributed by atoms with Crippen LogP contribution in [-0.2, 0) is 16.2 Å². The molecule has 1 fully saturated rings. The Kier molecular flexibility index (Phi) is 7.26. The van der Waals surface area contributed by atoms with Gasteiger partial charge in [-0.25, -0.2) is 0 Å². The fourth-order valence-electron chi connectivity index (χ4n) is 4.31. The predicted octanol–water partition coefficient (Wildman–Crippen LogP) is 2.63. The Bertz CT molecular complexity index is 1090. The van der Waals surface area contributed by atoms with Crippen LogP contribution < -0.4 is 10.1 Å². The molecular formula is C25H30N4O4. The van der Waals surface area contributed by atoms with E-state index in [2.05, 4.69) is 15.2 Å². The maximum atomic E-state index is 12.3. The molecule has 0 radical (unpaired) electrons. The van der Waals surface area contributed by atoms with Gasteiger partial charge in [-0.05, 0) is 24.6 Å². The highest BCUT2D eigenvalue weighted by Crippen LogP contribution is 2.31. The van der Waals surface area contributed by atoms with Gasteiger partial charge < -0.3 is 20.1 Å². The fraction of sp³-hybridized carbons (Fsp3) is 0.360. The normalized spacial score (nSPS) is 15.9. The summed E-state index contributed by atoms with van der Waals surface area (Å²) in [5, 5.41) is 13.7. The largest absolute Gasteiger partial charge is 0.489 e. The van der Waals surface area contributed by atoms with E-state index >= 15 is 0 Å². The third-order valence-corrected chi connectivity index (χ3v) is 5.98. The molecule has 3 N–H and O–H groups in total. The van der Waals surface area contributed by atoms with E-state index in [1.807, 2.05) is 60.4 Å². The summed E-state index contributed by atoms with van der Waals surface area (Å²) in [6, 6.07) is 14.9. The van der Waals surface area contributed by atoms with Crippen LogP contribution in [0, 0.1) is 0 Å². The number of ether oxygens (including phenoxy) is 1. The first-order chi connectivity index (χ1) is 16.0. The van der Waals surface area contributed by atoms with Crippen molar-refractivity contribution in [1.82, 2.24) is 20.1 Å². The van der Waals surface area contributed by atoms with Gasteiger partial charge in [0.2, 0.25) is 5.91 Å². The number of H-pyrrole nitrogens is 1. The van der Waals surface area contributed by atoms with Crippen LogP contribution in [0.15, 0.2) is 54.7 Å². The number of fused-ring (bicyclic) bond motifs is 1. The summed E-state index contributed by atoms with van der Waals surface area (Å²) in [6.45, 7) is 5.80. The molecule has 174 valence electrons. The maximum absolute atomic E-state index is 12.3. The van der Waals surface area contributed by atoms with Gasteiger partial charge in [0, 0.05) is 61.5 Å². The first kappa shape index (κ1) is 22.8. The summed E-state index contributed by atoms with van der Waals surface area (Å²) < 4.78 is 5.91. The van der Waals surface area contributed by atoms with Gasteiger partial charge >= 0.3 is 5.97 Å². The van der Waals surface area contributed by atoms with E-state index in [-0.39, 0.29) is 5.91 Å². The number of carbonyl (C=O) groups is 2. The van der Waals surface area contributed by atoms with Gasteiger partial charge in [0.1, 0.15) is 18.4 Å². The summed E-state index contributed by atoms with van der Waals surface area (Å²) in [7, 11) is 0. The topological polar surface area (TPSA) is 97.9 Å². The number of hydrogen-bond donors (Lipinski definition) is 3. The number of nitrogens with zero attached hydrogens (tertiary/aromatic N) is 2. The molecule has 1 amide bonds. The fourth-order valence-corrected chi connectivity index (χ4v) is 4.31. The molecular weight excluding hydrogens is 420 g/mol. The van der Waals surface area contributed by atoms with E-state index in [4.69, 9.17) is 4.74 Å². The van der Waals surface area contributed by atoms with Gasteiger partial charge in [0.05, 0.1) is 6.54 Å². The second kappa shape index (κ2) is 10.5. The molecule has 33 heavy (non-hydrogen) atoms. The lowest BCUT2D eigenvalue weighted by Crippen LogP contribution is -2.51. The van der Waals surface area contributed by atoms with Crippen molar-refractivity contribution < 1.29 is 19.4 Å². The number of piperazine rings is 1. The molecule has 2 aromatic carbocycles. The number of aromatic amines is 1. The predicted molar refractivity (Wildman–Crippen MR) is 126 cm³/mol. The quantitative estimate of drug-likeness (QED) is 0.464. The molecule has 1 aliphatic heterocycles. The van der Waals surface area contributed by atoms with Gasteiger partial charge in [-0.2, -0.15) is 0 Å². The van der Waals surface area contributed by atoms with Crippen LogP contribution in [0.25, 0.3) is 10.9 Å². The van der Waals surface area contributed by atoms with Crippen molar-refractivity contribution in [2.24, 2.45) is 0 Å². The Labute approximate surface area is 193 Å². The van der Waals surface area contributed by atoms with E-state index in [0.29, 0.717) is 45.9 Å². The number of nitrogens with one attached hydrogen (secondary N) is 2. The van der Waals surface area contributed by atoms with Crippen LogP contribution >= 0.6 is 0 Å². The van der Waals surface area contributed by atoms with Gasteiger partial charge in [0.25, 0.3) is 0 Å². The van der Waals surface area contributed by atoms with Crippen LogP contribution in [0.1, 0.15) is 24.1 Å². The molecule has 8 nitrogen and oxygen atoms in total. The highest BCUT2D eigenvalue weighted by molar-refractivity contribution is 5.90. The summed E-state index contributed by atoms with van der Waals surface area (Å²) in [4.78, 5) is 31.4. The first-order valence-electron chi connectivity index (χ1n) is 11.3.